The molecule has 8 aromatic rings. The third-order valence-electron chi connectivity index (χ3n) is 10.0. The Kier molecular flexibility index (Phi) is 6.76. The van der Waals surface area contributed by atoms with Crippen LogP contribution in [-0.4, -0.2) is 9.97 Å². The summed E-state index contributed by atoms with van der Waals surface area (Å²) in [6, 6.07) is 51.4. The van der Waals surface area contributed by atoms with Crippen molar-refractivity contribution in [1.82, 2.24) is 9.97 Å². The predicted molar refractivity (Wildman–Crippen MR) is 191 cm³/mol. The molecule has 8 bridgehead atoms. The van der Waals surface area contributed by atoms with E-state index in [1.807, 2.05) is 0 Å². The first-order chi connectivity index (χ1) is 22.3. The van der Waals surface area contributed by atoms with E-state index in [0.717, 1.165) is 66.6 Å². The van der Waals surface area contributed by atoms with Crippen molar-refractivity contribution < 1.29 is 21.1 Å². The van der Waals surface area contributed by atoms with Crippen LogP contribution in [0.1, 0.15) is 50.2 Å². The van der Waals surface area contributed by atoms with Crippen LogP contribution >= 0.6 is 0 Å². The average Bonchev–Trinajstić information content (AvgIpc) is 3.09. The Bertz CT molecular complexity index is 2190. The summed E-state index contributed by atoms with van der Waals surface area (Å²) >= 11 is 0. The fourth-order valence-electron chi connectivity index (χ4n) is 7.61. The maximum absolute atomic E-state index is 5.53. The number of hydrogen-bond donors (Lipinski definition) is 0. The summed E-state index contributed by atoms with van der Waals surface area (Å²) < 4.78 is 0. The molecule has 0 unspecified atom stereocenters. The van der Waals surface area contributed by atoms with Crippen molar-refractivity contribution in [2.24, 2.45) is 0 Å². The van der Waals surface area contributed by atoms with Crippen LogP contribution in [-0.2, 0) is 31.9 Å². The van der Waals surface area contributed by atoms with Crippen molar-refractivity contribution in [2.75, 3.05) is 0 Å². The number of fused-ring (bicyclic) bond motifs is 18. The second-order valence-corrected chi connectivity index (χ2v) is 13.7. The first-order valence-corrected chi connectivity index (χ1v) is 16.0. The maximum Gasteiger partial charge on any atom is 2.00 e. The van der Waals surface area contributed by atoms with Gasteiger partial charge in [-0.3, -0.25) is 9.97 Å². The van der Waals surface area contributed by atoms with Crippen molar-refractivity contribution in [3.05, 3.63) is 156 Å². The molecular weight excluding hydrogens is 752 g/mol. The molecule has 0 radical (unpaired) electrons. The number of pyridine rings is 2. The Hall–Kier alpha value is -4.65. The summed E-state index contributed by atoms with van der Waals surface area (Å²) in [4.78, 5) is 11.1. The van der Waals surface area contributed by atoms with Gasteiger partial charge in [0.2, 0.25) is 0 Å². The standard InChI is InChI=1S/C44H32N2.Pt/c1-43(2)37-23-31(21-27-13-5-9-17-33(27)37)39-25-29-15-7-11-19-35(29)41(45-39)44(3,4)42-36-20-12-8-16-30(36)26-40(46-42)32-22-28-14-6-10-18-34(28)38(43)24-32;/h5-22,25-26H,1-4H3;/q-2;+2. The normalized spacial score (nSPS) is 14.6. The largest absolute Gasteiger partial charge is 2.00 e. The molecule has 1 aliphatic heterocycles. The van der Waals surface area contributed by atoms with E-state index in [-0.39, 0.29) is 21.1 Å². The van der Waals surface area contributed by atoms with E-state index < -0.39 is 10.8 Å². The van der Waals surface area contributed by atoms with E-state index >= 15 is 0 Å². The van der Waals surface area contributed by atoms with E-state index in [4.69, 9.17) is 9.97 Å². The smallest absolute Gasteiger partial charge is 0.300 e. The molecule has 1 aliphatic rings. The van der Waals surface area contributed by atoms with Crippen LogP contribution in [0.25, 0.3) is 65.6 Å². The zero-order chi connectivity index (χ0) is 31.2. The monoisotopic (exact) mass is 783 g/mol. The molecule has 47 heavy (non-hydrogen) atoms. The minimum atomic E-state index is -0.520. The van der Waals surface area contributed by atoms with Crippen molar-refractivity contribution in [2.45, 2.75) is 38.5 Å². The molecule has 0 spiro atoms. The molecule has 2 aromatic heterocycles. The van der Waals surface area contributed by atoms with Crippen LogP contribution in [0.2, 0.25) is 0 Å². The van der Waals surface area contributed by atoms with E-state index in [0.29, 0.717) is 0 Å². The summed E-state index contributed by atoms with van der Waals surface area (Å²) in [7, 11) is 0. The number of rotatable bonds is 0. The van der Waals surface area contributed by atoms with Gasteiger partial charge in [-0.2, -0.15) is 0 Å². The van der Waals surface area contributed by atoms with Gasteiger partial charge in [0.15, 0.2) is 0 Å². The van der Waals surface area contributed by atoms with Crippen LogP contribution in [0, 0.1) is 12.1 Å². The SMILES string of the molecule is CC1(C)c2[c-]c(cc3ccccc23)-c2cc3ccccc3c(n2)C(C)(C)c2nc(cc3ccccc23)-c2[c-]c1c1ccccc1c2.[Pt+2]. The Morgan fingerprint density at radius 1 is 0.426 bits per heavy atom. The molecule has 0 saturated heterocycles. The van der Waals surface area contributed by atoms with Gasteiger partial charge >= 0.3 is 21.1 Å². The first kappa shape index (κ1) is 29.7. The molecule has 0 N–H and O–H groups in total. The maximum atomic E-state index is 5.53. The fraction of sp³-hybridized carbons (Fsp3) is 0.136. The average molecular weight is 784 g/mol. The van der Waals surface area contributed by atoms with Gasteiger partial charge in [-0.1, -0.05) is 134 Å². The number of aromatic nitrogens is 2. The molecule has 0 atom stereocenters. The van der Waals surface area contributed by atoms with Crippen LogP contribution in [0.3, 0.4) is 0 Å². The third kappa shape index (κ3) is 4.49. The van der Waals surface area contributed by atoms with Crippen LogP contribution < -0.4 is 0 Å². The molecule has 9 rings (SSSR count). The van der Waals surface area contributed by atoms with E-state index in [2.05, 4.69) is 161 Å². The second kappa shape index (κ2) is 10.7. The predicted octanol–water partition coefficient (Wildman–Crippen LogP) is 11.0. The number of hydrogen-bond acceptors (Lipinski definition) is 2. The molecular formula is C44H32N2Pt. The van der Waals surface area contributed by atoms with Crippen LogP contribution in [0.15, 0.2) is 121 Å². The molecule has 0 saturated carbocycles. The van der Waals surface area contributed by atoms with Gasteiger partial charge in [-0.15, -0.1) is 57.3 Å². The topological polar surface area (TPSA) is 25.8 Å². The Morgan fingerprint density at radius 2 is 0.766 bits per heavy atom. The Labute approximate surface area is 289 Å². The minimum absolute atomic E-state index is 0. The first-order valence-electron chi connectivity index (χ1n) is 16.0. The summed E-state index contributed by atoms with van der Waals surface area (Å²) in [5.41, 5.74) is 7.17. The molecule has 0 aliphatic carbocycles. The Balaban J connectivity index is 0.00000324. The molecule has 0 fully saturated rings. The molecule has 3 heterocycles. The van der Waals surface area contributed by atoms with Gasteiger partial charge in [0.1, 0.15) is 0 Å². The molecule has 3 heteroatoms. The zero-order valence-corrected chi connectivity index (χ0v) is 29.0. The van der Waals surface area contributed by atoms with Crippen molar-refractivity contribution in [3.8, 4) is 22.5 Å². The zero-order valence-electron chi connectivity index (χ0n) is 26.8. The molecule has 0 amide bonds. The summed E-state index contributed by atoms with van der Waals surface area (Å²) in [5, 5.41) is 9.35. The van der Waals surface area contributed by atoms with Crippen molar-refractivity contribution >= 4 is 43.1 Å². The quantitative estimate of drug-likeness (QED) is 0.143. The van der Waals surface area contributed by atoms with Gasteiger partial charge in [0.25, 0.3) is 0 Å². The Morgan fingerprint density at radius 3 is 1.17 bits per heavy atom. The van der Waals surface area contributed by atoms with Gasteiger partial charge < -0.3 is 0 Å². The molecule has 2 nitrogen and oxygen atoms in total. The van der Waals surface area contributed by atoms with Crippen molar-refractivity contribution in [1.29, 1.82) is 0 Å². The van der Waals surface area contributed by atoms with Gasteiger partial charge in [-0.25, -0.2) is 0 Å². The van der Waals surface area contributed by atoms with E-state index in [1.165, 1.54) is 21.5 Å². The number of nitrogens with zero attached hydrogens (tertiary/aromatic N) is 2. The van der Waals surface area contributed by atoms with E-state index in [1.54, 1.807) is 0 Å². The molecule has 6 aromatic carbocycles. The fourth-order valence-corrected chi connectivity index (χ4v) is 7.61. The van der Waals surface area contributed by atoms with Gasteiger partial charge in [0, 0.05) is 27.6 Å². The summed E-state index contributed by atoms with van der Waals surface area (Å²) in [6.45, 7) is 9.16. The molecule has 228 valence electrons. The van der Waals surface area contributed by atoms with Crippen molar-refractivity contribution in [3.63, 3.8) is 0 Å². The second-order valence-electron chi connectivity index (χ2n) is 13.7. The third-order valence-corrected chi connectivity index (χ3v) is 10.0. The summed E-state index contributed by atoms with van der Waals surface area (Å²) in [6.07, 6.45) is 0. The van der Waals surface area contributed by atoms with Crippen LogP contribution in [0.4, 0.5) is 0 Å². The van der Waals surface area contributed by atoms with Gasteiger partial charge in [-0.05, 0) is 41.4 Å². The number of benzene rings is 6. The van der Waals surface area contributed by atoms with Crippen LogP contribution in [0.5, 0.6) is 0 Å². The summed E-state index contributed by atoms with van der Waals surface area (Å²) in [5.74, 6) is 0. The van der Waals surface area contributed by atoms with E-state index in [9.17, 15) is 0 Å². The minimum Gasteiger partial charge on any atom is -0.300 e. The van der Waals surface area contributed by atoms with Gasteiger partial charge in [0.05, 0.1) is 0 Å².